The number of hydroxylamine groups is 2. The maximum absolute atomic E-state index is 5.54. The van der Waals surface area contributed by atoms with E-state index in [1.54, 1.807) is 0 Å². The normalized spacial score (nSPS) is 44.7. The molecule has 0 aromatic carbocycles. The van der Waals surface area contributed by atoms with E-state index >= 15 is 0 Å². The Morgan fingerprint density at radius 1 is 1.50 bits per heavy atom. The summed E-state index contributed by atoms with van der Waals surface area (Å²) in [7, 11) is 0. The van der Waals surface area contributed by atoms with E-state index in [1.165, 1.54) is 38.6 Å². The zero-order valence-electron chi connectivity index (χ0n) is 6.60. The van der Waals surface area contributed by atoms with Crippen molar-refractivity contribution in [1.29, 1.82) is 0 Å². The van der Waals surface area contributed by atoms with Gasteiger partial charge in [-0.1, -0.05) is 13.3 Å². The van der Waals surface area contributed by atoms with E-state index in [0.29, 0.717) is 0 Å². The Morgan fingerprint density at radius 2 is 2.40 bits per heavy atom. The van der Waals surface area contributed by atoms with E-state index in [2.05, 4.69) is 12.0 Å². The first-order chi connectivity index (χ1) is 4.87. The highest BCUT2D eigenvalue weighted by molar-refractivity contribution is 4.89. The molecule has 0 N–H and O–H groups in total. The van der Waals surface area contributed by atoms with Gasteiger partial charge in [-0.3, -0.25) is 4.84 Å². The average Bonchev–Trinajstić information content (AvgIpc) is 2.62. The van der Waals surface area contributed by atoms with E-state index in [9.17, 15) is 0 Å². The third kappa shape index (κ3) is 0.867. The van der Waals surface area contributed by atoms with Crippen LogP contribution >= 0.6 is 0 Å². The standard InChI is InChI=1S/C8H15NO/c1-2-5-8-6-3-4-7-9(8)10-8/h2-7H2,1H3. The molecule has 0 radical (unpaired) electrons. The SMILES string of the molecule is CCCC12CCCCN1O2. The van der Waals surface area contributed by atoms with Crippen LogP contribution in [0.2, 0.25) is 0 Å². The van der Waals surface area contributed by atoms with Gasteiger partial charge >= 0.3 is 0 Å². The van der Waals surface area contributed by atoms with Crippen LogP contribution in [0.25, 0.3) is 0 Å². The van der Waals surface area contributed by atoms with Crippen LogP contribution in [-0.4, -0.2) is 17.3 Å². The molecule has 2 fully saturated rings. The van der Waals surface area contributed by atoms with Gasteiger partial charge in [0.15, 0.2) is 5.72 Å². The molecule has 0 bridgehead atoms. The van der Waals surface area contributed by atoms with Crippen molar-refractivity contribution in [1.82, 2.24) is 5.06 Å². The predicted octanol–water partition coefficient (Wildman–Crippen LogP) is 1.91. The highest BCUT2D eigenvalue weighted by atomic mass is 16.9. The molecule has 0 aliphatic carbocycles. The third-order valence-electron chi connectivity index (χ3n) is 2.52. The number of nitrogens with zero attached hydrogens (tertiary/aromatic N) is 1. The molecule has 2 rings (SSSR count). The first-order valence-electron chi connectivity index (χ1n) is 4.34. The molecular formula is C8H15NO. The average molecular weight is 141 g/mol. The van der Waals surface area contributed by atoms with Crippen LogP contribution in [0.15, 0.2) is 0 Å². The second-order valence-corrected chi connectivity index (χ2v) is 3.35. The topological polar surface area (TPSA) is 15.5 Å². The van der Waals surface area contributed by atoms with Gasteiger partial charge in [0.1, 0.15) is 0 Å². The summed E-state index contributed by atoms with van der Waals surface area (Å²) in [6.07, 6.45) is 6.42. The fraction of sp³-hybridized carbons (Fsp3) is 1.00. The highest BCUT2D eigenvalue weighted by Crippen LogP contribution is 2.46. The van der Waals surface area contributed by atoms with Gasteiger partial charge in [0, 0.05) is 6.54 Å². The molecule has 0 spiro atoms. The number of fused-ring (bicyclic) bond motifs is 1. The molecule has 2 unspecified atom stereocenters. The molecule has 2 saturated heterocycles. The van der Waals surface area contributed by atoms with Gasteiger partial charge in [0.05, 0.1) is 0 Å². The summed E-state index contributed by atoms with van der Waals surface area (Å²) in [5, 5.41) is 2.17. The molecule has 0 aromatic heterocycles. The van der Waals surface area contributed by atoms with Crippen LogP contribution in [0.4, 0.5) is 0 Å². The van der Waals surface area contributed by atoms with Gasteiger partial charge in [-0.25, -0.2) is 0 Å². The van der Waals surface area contributed by atoms with E-state index in [1.807, 2.05) is 0 Å². The minimum Gasteiger partial charge on any atom is -0.272 e. The van der Waals surface area contributed by atoms with Crippen LogP contribution in [0.5, 0.6) is 0 Å². The van der Waals surface area contributed by atoms with Crippen molar-refractivity contribution in [2.24, 2.45) is 0 Å². The zero-order chi connectivity index (χ0) is 7.03. The monoisotopic (exact) mass is 141 g/mol. The largest absolute Gasteiger partial charge is 0.272 e. The second-order valence-electron chi connectivity index (χ2n) is 3.35. The Morgan fingerprint density at radius 3 is 3.10 bits per heavy atom. The fourth-order valence-corrected chi connectivity index (χ4v) is 1.95. The van der Waals surface area contributed by atoms with Crippen molar-refractivity contribution in [3.8, 4) is 0 Å². The molecule has 2 heteroatoms. The van der Waals surface area contributed by atoms with Gasteiger partial charge < -0.3 is 0 Å². The van der Waals surface area contributed by atoms with Gasteiger partial charge in [0.2, 0.25) is 0 Å². The van der Waals surface area contributed by atoms with Gasteiger partial charge in [-0.2, -0.15) is 5.06 Å². The van der Waals surface area contributed by atoms with Crippen LogP contribution < -0.4 is 0 Å². The molecule has 10 heavy (non-hydrogen) atoms. The van der Waals surface area contributed by atoms with Crippen LogP contribution in [0.3, 0.4) is 0 Å². The smallest absolute Gasteiger partial charge is 0.164 e. The Labute approximate surface area is 62.1 Å². The van der Waals surface area contributed by atoms with E-state index in [0.717, 1.165) is 0 Å². The molecular weight excluding hydrogens is 126 g/mol. The number of hydrogen-bond acceptors (Lipinski definition) is 2. The Bertz CT molecular complexity index is 133. The van der Waals surface area contributed by atoms with E-state index in [-0.39, 0.29) is 5.72 Å². The van der Waals surface area contributed by atoms with Gasteiger partial charge in [-0.05, 0) is 25.7 Å². The molecule has 0 saturated carbocycles. The predicted molar refractivity (Wildman–Crippen MR) is 39.3 cm³/mol. The van der Waals surface area contributed by atoms with Crippen molar-refractivity contribution in [3.63, 3.8) is 0 Å². The van der Waals surface area contributed by atoms with Crippen molar-refractivity contribution in [2.75, 3.05) is 6.54 Å². The molecule has 0 amide bonds. The van der Waals surface area contributed by atoms with Crippen molar-refractivity contribution < 1.29 is 4.84 Å². The molecule has 2 heterocycles. The Balaban J connectivity index is 1.92. The molecule has 2 aliphatic rings. The van der Waals surface area contributed by atoms with Gasteiger partial charge in [0.25, 0.3) is 0 Å². The molecule has 2 aliphatic heterocycles. The van der Waals surface area contributed by atoms with Gasteiger partial charge in [-0.15, -0.1) is 0 Å². The Kier molecular flexibility index (Phi) is 1.46. The number of rotatable bonds is 2. The maximum atomic E-state index is 5.54. The molecule has 0 aromatic rings. The fourth-order valence-electron chi connectivity index (χ4n) is 1.95. The first-order valence-corrected chi connectivity index (χ1v) is 4.34. The number of piperidine rings is 1. The summed E-state index contributed by atoms with van der Waals surface area (Å²) in [6, 6.07) is 0. The van der Waals surface area contributed by atoms with E-state index < -0.39 is 0 Å². The molecule has 2 nitrogen and oxygen atoms in total. The Hall–Kier alpha value is -0.0800. The lowest BCUT2D eigenvalue weighted by Gasteiger charge is -2.15. The lowest BCUT2D eigenvalue weighted by Crippen LogP contribution is -2.23. The van der Waals surface area contributed by atoms with Crippen molar-refractivity contribution >= 4 is 0 Å². The lowest BCUT2D eigenvalue weighted by atomic mass is 9.99. The summed E-state index contributed by atoms with van der Waals surface area (Å²) in [5.41, 5.74) is 0.229. The van der Waals surface area contributed by atoms with Crippen molar-refractivity contribution in [3.05, 3.63) is 0 Å². The van der Waals surface area contributed by atoms with Crippen molar-refractivity contribution in [2.45, 2.75) is 44.8 Å². The highest BCUT2D eigenvalue weighted by Gasteiger charge is 2.54. The van der Waals surface area contributed by atoms with Crippen LogP contribution in [-0.2, 0) is 4.84 Å². The van der Waals surface area contributed by atoms with Crippen LogP contribution in [0, 0.1) is 0 Å². The van der Waals surface area contributed by atoms with Crippen LogP contribution in [0.1, 0.15) is 39.0 Å². The van der Waals surface area contributed by atoms with E-state index in [4.69, 9.17) is 4.84 Å². The number of hydrogen-bond donors (Lipinski definition) is 0. The summed E-state index contributed by atoms with van der Waals surface area (Å²) in [6.45, 7) is 3.39. The lowest BCUT2D eigenvalue weighted by molar-refractivity contribution is 0.197. The summed E-state index contributed by atoms with van der Waals surface area (Å²) >= 11 is 0. The minimum absolute atomic E-state index is 0.229. The molecule has 58 valence electrons. The second kappa shape index (κ2) is 2.21. The summed E-state index contributed by atoms with van der Waals surface area (Å²) in [4.78, 5) is 5.54. The third-order valence-corrected chi connectivity index (χ3v) is 2.52. The summed E-state index contributed by atoms with van der Waals surface area (Å²) in [5.74, 6) is 0. The maximum Gasteiger partial charge on any atom is 0.164 e. The molecule has 2 atom stereocenters. The minimum atomic E-state index is 0.229. The first kappa shape index (κ1) is 6.62. The summed E-state index contributed by atoms with van der Waals surface area (Å²) < 4.78 is 0. The zero-order valence-corrected chi connectivity index (χ0v) is 6.60. The quantitative estimate of drug-likeness (QED) is 0.546.